The van der Waals surface area contributed by atoms with Crippen molar-refractivity contribution in [3.63, 3.8) is 0 Å². The Labute approximate surface area is 85.8 Å². The topological polar surface area (TPSA) is 27.1 Å². The molecule has 0 radical (unpaired) electrons. The van der Waals surface area contributed by atoms with Crippen LogP contribution in [0.4, 0.5) is 13.2 Å². The largest absolute Gasteiger partial charge is 0.408 e. The van der Waals surface area contributed by atoms with E-state index in [4.69, 9.17) is 4.74 Å². The first kappa shape index (κ1) is 12.0. The molecule has 0 spiro atoms. The van der Waals surface area contributed by atoms with E-state index in [1.165, 1.54) is 12.3 Å². The Balaban J connectivity index is 2.61. The highest BCUT2D eigenvalue weighted by atomic mass is 19.4. The lowest BCUT2D eigenvalue weighted by Crippen LogP contribution is -2.21. The van der Waals surface area contributed by atoms with Crippen molar-refractivity contribution >= 4 is 0 Å². The molecule has 0 aliphatic carbocycles. The van der Waals surface area contributed by atoms with E-state index in [1.807, 2.05) is 13.8 Å². The predicted molar refractivity (Wildman–Crippen MR) is 48.2 cm³/mol. The van der Waals surface area contributed by atoms with E-state index in [9.17, 15) is 13.2 Å². The highest BCUT2D eigenvalue weighted by Gasteiger charge is 2.29. The van der Waals surface area contributed by atoms with Crippen LogP contribution in [0.15, 0.2) is 12.3 Å². The standard InChI is InChI=1S/C9H13F3N2O/c1-7(2)15-5-8-3-4-13-14(8)6-9(10,11)12/h3-4,7H,5-6H2,1-2H3. The summed E-state index contributed by atoms with van der Waals surface area (Å²) < 4.78 is 42.4. The van der Waals surface area contributed by atoms with Gasteiger partial charge >= 0.3 is 6.18 Å². The van der Waals surface area contributed by atoms with Crippen LogP contribution in [0.1, 0.15) is 19.5 Å². The number of hydrogen-bond donors (Lipinski definition) is 0. The molecule has 15 heavy (non-hydrogen) atoms. The number of hydrogen-bond acceptors (Lipinski definition) is 2. The van der Waals surface area contributed by atoms with Crippen LogP contribution in [0.2, 0.25) is 0 Å². The molecule has 1 heterocycles. The molecular formula is C9H13F3N2O. The van der Waals surface area contributed by atoms with Crippen LogP contribution >= 0.6 is 0 Å². The Morgan fingerprint density at radius 2 is 2.13 bits per heavy atom. The highest BCUT2D eigenvalue weighted by molar-refractivity contribution is 4.99. The third-order valence-electron chi connectivity index (χ3n) is 1.70. The average molecular weight is 222 g/mol. The van der Waals surface area contributed by atoms with Gasteiger partial charge in [-0.3, -0.25) is 4.68 Å². The molecule has 0 fully saturated rings. The summed E-state index contributed by atoms with van der Waals surface area (Å²) in [6.07, 6.45) is -2.93. The smallest absolute Gasteiger partial charge is 0.373 e. The number of ether oxygens (including phenoxy) is 1. The van der Waals surface area contributed by atoms with Crippen molar-refractivity contribution in [1.82, 2.24) is 9.78 Å². The number of aromatic nitrogens is 2. The Kier molecular flexibility index (Phi) is 3.73. The molecule has 0 N–H and O–H groups in total. The van der Waals surface area contributed by atoms with Gasteiger partial charge in [0.05, 0.1) is 18.4 Å². The first-order valence-electron chi connectivity index (χ1n) is 4.57. The summed E-state index contributed by atoms with van der Waals surface area (Å²) in [6.45, 7) is 2.72. The summed E-state index contributed by atoms with van der Waals surface area (Å²) in [4.78, 5) is 0. The third-order valence-corrected chi connectivity index (χ3v) is 1.70. The van der Waals surface area contributed by atoms with Crippen molar-refractivity contribution in [2.45, 2.75) is 39.3 Å². The molecular weight excluding hydrogens is 209 g/mol. The molecule has 86 valence electrons. The number of alkyl halides is 3. The molecule has 0 saturated heterocycles. The maximum Gasteiger partial charge on any atom is 0.408 e. The summed E-state index contributed by atoms with van der Waals surface area (Å²) in [5.74, 6) is 0. The fourth-order valence-electron chi connectivity index (χ4n) is 1.05. The lowest BCUT2D eigenvalue weighted by molar-refractivity contribution is -0.143. The maximum absolute atomic E-state index is 12.1. The van der Waals surface area contributed by atoms with Crippen LogP contribution in [-0.4, -0.2) is 22.1 Å². The second-order valence-electron chi connectivity index (χ2n) is 3.46. The molecule has 1 rings (SSSR count). The van der Waals surface area contributed by atoms with Gasteiger partial charge in [-0.1, -0.05) is 0 Å². The molecule has 0 unspecified atom stereocenters. The monoisotopic (exact) mass is 222 g/mol. The number of halogens is 3. The van der Waals surface area contributed by atoms with Crippen molar-refractivity contribution in [3.05, 3.63) is 18.0 Å². The van der Waals surface area contributed by atoms with E-state index in [1.54, 1.807) is 0 Å². The van der Waals surface area contributed by atoms with Gasteiger partial charge in [0.25, 0.3) is 0 Å². The molecule has 3 nitrogen and oxygen atoms in total. The average Bonchev–Trinajstić information content (AvgIpc) is 2.45. The van der Waals surface area contributed by atoms with Crippen molar-refractivity contribution in [2.24, 2.45) is 0 Å². The van der Waals surface area contributed by atoms with Gasteiger partial charge in [-0.05, 0) is 19.9 Å². The van der Waals surface area contributed by atoms with E-state index >= 15 is 0 Å². The zero-order valence-electron chi connectivity index (χ0n) is 8.58. The molecule has 0 amide bonds. The van der Waals surface area contributed by atoms with Crippen molar-refractivity contribution in [2.75, 3.05) is 0 Å². The third kappa shape index (κ3) is 4.33. The van der Waals surface area contributed by atoms with E-state index in [0.717, 1.165) is 4.68 Å². The zero-order valence-corrected chi connectivity index (χ0v) is 8.58. The van der Waals surface area contributed by atoms with Crippen LogP contribution in [0.25, 0.3) is 0 Å². The number of rotatable bonds is 4. The van der Waals surface area contributed by atoms with Crippen molar-refractivity contribution < 1.29 is 17.9 Å². The molecule has 0 atom stereocenters. The maximum atomic E-state index is 12.1. The van der Waals surface area contributed by atoms with E-state index in [2.05, 4.69) is 5.10 Å². The zero-order chi connectivity index (χ0) is 11.5. The molecule has 6 heteroatoms. The minimum Gasteiger partial charge on any atom is -0.373 e. The van der Waals surface area contributed by atoms with Gasteiger partial charge in [0.2, 0.25) is 0 Å². The minimum atomic E-state index is -4.25. The Hall–Kier alpha value is -1.04. The summed E-state index contributed by atoms with van der Waals surface area (Å²) in [5.41, 5.74) is 0.432. The molecule has 1 aromatic rings. The molecule has 0 aliphatic heterocycles. The first-order valence-corrected chi connectivity index (χ1v) is 4.57. The molecule has 1 aromatic heterocycles. The lowest BCUT2D eigenvalue weighted by atomic mass is 10.4. The van der Waals surface area contributed by atoms with Crippen LogP contribution < -0.4 is 0 Å². The second kappa shape index (κ2) is 4.65. The Bertz CT molecular complexity index is 307. The van der Waals surface area contributed by atoms with Crippen LogP contribution in [0.5, 0.6) is 0 Å². The second-order valence-corrected chi connectivity index (χ2v) is 3.46. The summed E-state index contributed by atoms with van der Waals surface area (Å²) >= 11 is 0. The molecule has 0 aliphatic rings. The van der Waals surface area contributed by atoms with E-state index < -0.39 is 12.7 Å². The SMILES string of the molecule is CC(C)OCc1ccnn1CC(F)(F)F. The quantitative estimate of drug-likeness (QED) is 0.782. The normalized spacial score (nSPS) is 12.4. The van der Waals surface area contributed by atoms with Crippen molar-refractivity contribution in [1.29, 1.82) is 0 Å². The summed E-state index contributed by atoms with van der Waals surface area (Å²) in [6, 6.07) is 1.52. The van der Waals surface area contributed by atoms with E-state index in [-0.39, 0.29) is 12.7 Å². The minimum absolute atomic E-state index is 0.0146. The van der Waals surface area contributed by atoms with Gasteiger partial charge in [-0.25, -0.2) is 0 Å². The van der Waals surface area contributed by atoms with Crippen LogP contribution in [-0.2, 0) is 17.9 Å². The van der Waals surface area contributed by atoms with Crippen LogP contribution in [0, 0.1) is 0 Å². The van der Waals surface area contributed by atoms with Crippen molar-refractivity contribution in [3.8, 4) is 0 Å². The molecule has 0 saturated carbocycles. The number of nitrogens with zero attached hydrogens (tertiary/aromatic N) is 2. The van der Waals surface area contributed by atoms with Crippen LogP contribution in [0.3, 0.4) is 0 Å². The Morgan fingerprint density at radius 3 is 2.67 bits per heavy atom. The predicted octanol–water partition coefficient (Wildman–Crippen LogP) is 2.37. The lowest BCUT2D eigenvalue weighted by Gasteiger charge is -2.11. The van der Waals surface area contributed by atoms with Gasteiger partial charge in [0.15, 0.2) is 0 Å². The highest BCUT2D eigenvalue weighted by Crippen LogP contribution is 2.18. The summed E-state index contributed by atoms with van der Waals surface area (Å²) in [7, 11) is 0. The summed E-state index contributed by atoms with van der Waals surface area (Å²) in [5, 5.41) is 3.60. The van der Waals surface area contributed by atoms with Gasteiger partial charge in [0.1, 0.15) is 6.54 Å². The van der Waals surface area contributed by atoms with Gasteiger partial charge < -0.3 is 4.74 Å². The first-order chi connectivity index (χ1) is 6.88. The molecule has 0 bridgehead atoms. The van der Waals surface area contributed by atoms with Gasteiger partial charge in [-0.15, -0.1) is 0 Å². The van der Waals surface area contributed by atoms with Gasteiger partial charge in [-0.2, -0.15) is 18.3 Å². The van der Waals surface area contributed by atoms with Gasteiger partial charge in [0, 0.05) is 6.20 Å². The fourth-order valence-corrected chi connectivity index (χ4v) is 1.05. The fraction of sp³-hybridized carbons (Fsp3) is 0.667. The van der Waals surface area contributed by atoms with E-state index in [0.29, 0.717) is 5.69 Å². The Morgan fingerprint density at radius 1 is 1.47 bits per heavy atom. The molecule has 0 aromatic carbocycles.